The molecule has 1 aliphatic carbocycles. The van der Waals surface area contributed by atoms with Crippen molar-refractivity contribution in [3.05, 3.63) is 54.5 Å². The summed E-state index contributed by atoms with van der Waals surface area (Å²) in [6, 6.07) is 11.1. The molecule has 8 nitrogen and oxygen atoms in total. The van der Waals surface area contributed by atoms with Crippen molar-refractivity contribution < 1.29 is 9.59 Å². The van der Waals surface area contributed by atoms with Gasteiger partial charge in [0.1, 0.15) is 18.0 Å². The Kier molecular flexibility index (Phi) is 4.71. The second-order valence-electron chi connectivity index (χ2n) is 7.95. The number of amides is 1. The van der Waals surface area contributed by atoms with Gasteiger partial charge in [0, 0.05) is 41.0 Å². The summed E-state index contributed by atoms with van der Waals surface area (Å²) in [4.78, 5) is 28.0. The zero-order valence-electron chi connectivity index (χ0n) is 16.7. The Hall–Kier alpha value is -3.99. The van der Waals surface area contributed by atoms with Gasteiger partial charge in [0.15, 0.2) is 0 Å². The van der Waals surface area contributed by atoms with Gasteiger partial charge in [-0.2, -0.15) is 10.4 Å². The number of pyridine rings is 1. The van der Waals surface area contributed by atoms with E-state index in [0.29, 0.717) is 22.9 Å². The number of nitriles is 1. The topological polar surface area (TPSA) is 106 Å². The molecule has 1 aliphatic rings. The number of carbonyl (C=O) groups excluding carboxylic acids is 2. The van der Waals surface area contributed by atoms with Crippen molar-refractivity contribution in [2.45, 2.75) is 31.7 Å². The lowest BCUT2D eigenvalue weighted by Crippen LogP contribution is -2.19. The van der Waals surface area contributed by atoms with E-state index in [9.17, 15) is 9.59 Å². The van der Waals surface area contributed by atoms with E-state index >= 15 is 0 Å². The standard InChI is InChI=1S/C23H20N6O2/c24-11-16-9-17-7-8-28(22(17)25-12-16)23(31)26-19-3-6-21-18(10-19)13-29(27-21)20-4-1-15(14-30)2-5-20/h3,6-10,12-15,20H,1-2,4-5H2,(H,26,31). The Morgan fingerprint density at radius 1 is 1.16 bits per heavy atom. The molecular formula is C23H20N6O2. The monoisotopic (exact) mass is 412 g/mol. The SMILES string of the molecule is N#Cc1cnc2c(ccn2C(=O)Nc2ccc3nn(C4CCC(C=O)CC4)cc3c2)c1. The largest absolute Gasteiger partial charge is 0.331 e. The molecule has 3 heterocycles. The number of aldehydes is 1. The van der Waals surface area contributed by atoms with E-state index in [0.717, 1.165) is 48.3 Å². The molecule has 0 atom stereocenters. The van der Waals surface area contributed by atoms with Crippen molar-refractivity contribution in [3.63, 3.8) is 0 Å². The highest BCUT2D eigenvalue weighted by Crippen LogP contribution is 2.32. The summed E-state index contributed by atoms with van der Waals surface area (Å²) < 4.78 is 3.42. The van der Waals surface area contributed by atoms with Gasteiger partial charge in [0.25, 0.3) is 0 Å². The first-order valence-corrected chi connectivity index (χ1v) is 10.3. The van der Waals surface area contributed by atoms with Crippen LogP contribution in [0.3, 0.4) is 0 Å². The maximum Gasteiger partial charge on any atom is 0.331 e. The molecule has 154 valence electrons. The smallest absolute Gasteiger partial charge is 0.307 e. The molecule has 4 aromatic rings. The molecule has 8 heteroatoms. The average molecular weight is 412 g/mol. The molecule has 31 heavy (non-hydrogen) atoms. The van der Waals surface area contributed by atoms with Gasteiger partial charge in [-0.25, -0.2) is 9.78 Å². The van der Waals surface area contributed by atoms with Crippen LogP contribution in [0.2, 0.25) is 0 Å². The van der Waals surface area contributed by atoms with E-state index < -0.39 is 0 Å². The highest BCUT2D eigenvalue weighted by Gasteiger charge is 2.22. The molecular weight excluding hydrogens is 392 g/mol. The quantitative estimate of drug-likeness (QED) is 0.506. The van der Waals surface area contributed by atoms with Crippen molar-refractivity contribution in [3.8, 4) is 6.07 Å². The fraction of sp³-hybridized carbons (Fsp3) is 0.261. The highest BCUT2D eigenvalue weighted by molar-refractivity contribution is 5.98. The van der Waals surface area contributed by atoms with Crippen LogP contribution in [0.5, 0.6) is 0 Å². The minimum atomic E-state index is -0.328. The first kappa shape index (κ1) is 19.0. The van der Waals surface area contributed by atoms with Crippen LogP contribution in [-0.2, 0) is 4.79 Å². The average Bonchev–Trinajstić information content (AvgIpc) is 3.42. The van der Waals surface area contributed by atoms with E-state index in [1.54, 1.807) is 18.3 Å². The number of fused-ring (bicyclic) bond motifs is 2. The molecule has 0 bridgehead atoms. The molecule has 1 aromatic carbocycles. The Labute approximate surface area is 178 Å². The number of carbonyl (C=O) groups is 2. The van der Waals surface area contributed by atoms with Crippen LogP contribution >= 0.6 is 0 Å². The zero-order chi connectivity index (χ0) is 21.4. The summed E-state index contributed by atoms with van der Waals surface area (Å²) in [6.45, 7) is 0. The molecule has 1 fully saturated rings. The minimum Gasteiger partial charge on any atom is -0.307 e. The summed E-state index contributed by atoms with van der Waals surface area (Å²) in [6.07, 6.45) is 9.87. The van der Waals surface area contributed by atoms with Gasteiger partial charge in [0.05, 0.1) is 17.1 Å². The molecule has 5 rings (SSSR count). The molecule has 1 N–H and O–H groups in total. The number of nitrogens with zero attached hydrogens (tertiary/aromatic N) is 5. The van der Waals surface area contributed by atoms with Gasteiger partial charge in [-0.1, -0.05) is 0 Å². The van der Waals surface area contributed by atoms with Gasteiger partial charge in [-0.15, -0.1) is 0 Å². The molecule has 1 saturated carbocycles. The summed E-state index contributed by atoms with van der Waals surface area (Å²) in [5.74, 6) is 0.175. The van der Waals surface area contributed by atoms with Crippen LogP contribution < -0.4 is 5.32 Å². The van der Waals surface area contributed by atoms with E-state index in [2.05, 4.69) is 15.4 Å². The Bertz CT molecular complexity index is 1340. The highest BCUT2D eigenvalue weighted by atomic mass is 16.2. The second kappa shape index (κ2) is 7.69. The predicted octanol–water partition coefficient (Wildman–Crippen LogP) is 4.27. The van der Waals surface area contributed by atoms with Crippen molar-refractivity contribution in [1.29, 1.82) is 5.26 Å². The third kappa shape index (κ3) is 3.55. The Morgan fingerprint density at radius 2 is 2.00 bits per heavy atom. The lowest BCUT2D eigenvalue weighted by Gasteiger charge is -2.25. The van der Waals surface area contributed by atoms with Crippen LogP contribution in [0, 0.1) is 17.2 Å². The van der Waals surface area contributed by atoms with Crippen LogP contribution in [0.1, 0.15) is 37.3 Å². The Morgan fingerprint density at radius 3 is 2.77 bits per heavy atom. The number of aromatic nitrogens is 4. The first-order valence-electron chi connectivity index (χ1n) is 10.3. The van der Waals surface area contributed by atoms with Crippen LogP contribution in [0.25, 0.3) is 21.9 Å². The van der Waals surface area contributed by atoms with E-state index in [1.807, 2.05) is 35.1 Å². The molecule has 0 aliphatic heterocycles. The number of benzene rings is 1. The van der Waals surface area contributed by atoms with Gasteiger partial charge in [0.2, 0.25) is 0 Å². The Balaban J connectivity index is 1.35. The van der Waals surface area contributed by atoms with Crippen molar-refractivity contribution >= 4 is 39.9 Å². The predicted molar refractivity (Wildman–Crippen MR) is 116 cm³/mol. The van der Waals surface area contributed by atoms with Gasteiger partial charge in [-0.3, -0.25) is 9.25 Å². The van der Waals surface area contributed by atoms with Crippen molar-refractivity contribution in [1.82, 2.24) is 19.3 Å². The maximum atomic E-state index is 12.8. The number of rotatable bonds is 3. The molecule has 0 spiro atoms. The van der Waals surface area contributed by atoms with E-state index in [4.69, 9.17) is 5.26 Å². The summed E-state index contributed by atoms with van der Waals surface area (Å²) in [5, 5.41) is 18.3. The third-order valence-electron chi connectivity index (χ3n) is 5.96. The van der Waals surface area contributed by atoms with Crippen molar-refractivity contribution in [2.75, 3.05) is 5.32 Å². The summed E-state index contributed by atoms with van der Waals surface area (Å²) in [5.41, 5.74) is 2.48. The van der Waals surface area contributed by atoms with E-state index in [1.165, 1.54) is 10.8 Å². The van der Waals surface area contributed by atoms with Gasteiger partial charge < -0.3 is 10.1 Å². The minimum absolute atomic E-state index is 0.175. The first-order chi connectivity index (χ1) is 15.1. The summed E-state index contributed by atoms with van der Waals surface area (Å²) in [7, 11) is 0. The van der Waals surface area contributed by atoms with Crippen LogP contribution in [0.15, 0.2) is 48.9 Å². The number of nitrogens with one attached hydrogen (secondary N) is 1. The van der Waals surface area contributed by atoms with Gasteiger partial charge >= 0.3 is 6.03 Å². The number of hydrogen-bond acceptors (Lipinski definition) is 5. The fourth-order valence-corrected chi connectivity index (χ4v) is 4.24. The van der Waals surface area contributed by atoms with Crippen LogP contribution in [0.4, 0.5) is 10.5 Å². The maximum absolute atomic E-state index is 12.8. The molecule has 3 aromatic heterocycles. The molecule has 1 amide bonds. The second-order valence-corrected chi connectivity index (χ2v) is 7.95. The lowest BCUT2D eigenvalue weighted by molar-refractivity contribution is -0.112. The molecule has 0 unspecified atom stereocenters. The number of hydrogen-bond donors (Lipinski definition) is 1. The summed E-state index contributed by atoms with van der Waals surface area (Å²) >= 11 is 0. The van der Waals surface area contributed by atoms with Crippen molar-refractivity contribution in [2.24, 2.45) is 5.92 Å². The lowest BCUT2D eigenvalue weighted by atomic mass is 9.87. The molecule has 0 radical (unpaired) electrons. The zero-order valence-corrected chi connectivity index (χ0v) is 16.7. The number of anilines is 1. The normalized spacial score (nSPS) is 18.7. The molecule has 0 saturated heterocycles. The van der Waals surface area contributed by atoms with Gasteiger partial charge in [-0.05, 0) is 56.0 Å². The third-order valence-corrected chi connectivity index (χ3v) is 5.96. The fourth-order valence-electron chi connectivity index (χ4n) is 4.24. The van der Waals surface area contributed by atoms with E-state index in [-0.39, 0.29) is 11.9 Å². The van der Waals surface area contributed by atoms with Crippen LogP contribution in [-0.4, -0.2) is 31.6 Å².